The number of aromatic amines is 1. The summed E-state index contributed by atoms with van der Waals surface area (Å²) in [5.74, 6) is -0.347. The van der Waals surface area contributed by atoms with Gasteiger partial charge < -0.3 is 9.72 Å². The van der Waals surface area contributed by atoms with Crippen molar-refractivity contribution in [3.05, 3.63) is 22.5 Å². The van der Waals surface area contributed by atoms with E-state index in [9.17, 15) is 9.59 Å². The summed E-state index contributed by atoms with van der Waals surface area (Å²) in [4.78, 5) is 25.7. The number of hydrogen-bond acceptors (Lipinski definition) is 3. The van der Waals surface area contributed by atoms with Crippen LogP contribution in [0.5, 0.6) is 0 Å². The molecule has 17 heavy (non-hydrogen) atoms. The highest BCUT2D eigenvalue weighted by molar-refractivity contribution is 5.95. The minimum atomic E-state index is -0.347. The fourth-order valence-corrected chi connectivity index (χ4v) is 1.89. The number of unbranched alkanes of at least 4 members (excludes halogenated alkanes) is 1. The van der Waals surface area contributed by atoms with E-state index >= 15 is 0 Å². The third-order valence-electron chi connectivity index (χ3n) is 2.70. The first-order valence-electron chi connectivity index (χ1n) is 5.99. The first-order chi connectivity index (χ1) is 8.15. The van der Waals surface area contributed by atoms with Crippen molar-refractivity contribution in [2.24, 2.45) is 0 Å². The van der Waals surface area contributed by atoms with E-state index < -0.39 is 0 Å². The topological polar surface area (TPSA) is 59.2 Å². The highest BCUT2D eigenvalue weighted by atomic mass is 16.5. The molecule has 0 aromatic carbocycles. The smallest absolute Gasteiger partial charge is 0.340 e. The van der Waals surface area contributed by atoms with Crippen molar-refractivity contribution in [3.8, 4) is 0 Å². The Morgan fingerprint density at radius 2 is 2.12 bits per heavy atom. The van der Waals surface area contributed by atoms with Crippen LogP contribution in [0.25, 0.3) is 0 Å². The van der Waals surface area contributed by atoms with Gasteiger partial charge in [0.25, 0.3) is 0 Å². The van der Waals surface area contributed by atoms with Crippen LogP contribution in [0.4, 0.5) is 0 Å². The quantitative estimate of drug-likeness (QED) is 0.611. The Kier molecular flexibility index (Phi) is 4.94. The summed E-state index contributed by atoms with van der Waals surface area (Å²) >= 11 is 0. The lowest BCUT2D eigenvalue weighted by atomic mass is 10.0. The first-order valence-corrected chi connectivity index (χ1v) is 5.99. The van der Waals surface area contributed by atoms with Gasteiger partial charge in [0, 0.05) is 5.69 Å². The van der Waals surface area contributed by atoms with Crippen molar-refractivity contribution in [1.29, 1.82) is 0 Å². The number of esters is 1. The van der Waals surface area contributed by atoms with Crippen LogP contribution in [0, 0.1) is 6.92 Å². The molecule has 0 saturated carbocycles. The maximum Gasteiger partial charge on any atom is 0.340 e. The fourth-order valence-electron chi connectivity index (χ4n) is 1.89. The minimum Gasteiger partial charge on any atom is -0.462 e. The van der Waals surface area contributed by atoms with Crippen molar-refractivity contribution in [2.75, 3.05) is 6.61 Å². The van der Waals surface area contributed by atoms with Gasteiger partial charge in [-0.3, -0.25) is 4.79 Å². The summed E-state index contributed by atoms with van der Waals surface area (Å²) in [6.45, 7) is 5.97. The van der Waals surface area contributed by atoms with Gasteiger partial charge in [0.2, 0.25) is 0 Å². The maximum atomic E-state index is 11.8. The van der Waals surface area contributed by atoms with E-state index in [-0.39, 0.29) is 5.97 Å². The summed E-state index contributed by atoms with van der Waals surface area (Å²) in [5.41, 5.74) is 2.52. The average molecular weight is 237 g/mol. The van der Waals surface area contributed by atoms with Gasteiger partial charge in [-0.2, -0.15) is 0 Å². The second-order valence-electron chi connectivity index (χ2n) is 3.96. The molecule has 1 heterocycles. The number of ether oxygens (including phenoxy) is 1. The van der Waals surface area contributed by atoms with Crippen LogP contribution >= 0.6 is 0 Å². The predicted octanol–water partition coefficient (Wildman–Crippen LogP) is 2.65. The lowest BCUT2D eigenvalue weighted by Crippen LogP contribution is -2.08. The van der Waals surface area contributed by atoms with Crippen molar-refractivity contribution in [3.63, 3.8) is 0 Å². The van der Waals surface area contributed by atoms with Crippen LogP contribution in [0.3, 0.4) is 0 Å². The Balaban J connectivity index is 3.11. The van der Waals surface area contributed by atoms with Crippen LogP contribution in [-0.2, 0) is 11.2 Å². The third kappa shape index (κ3) is 2.96. The zero-order valence-corrected chi connectivity index (χ0v) is 10.6. The number of hydrogen-bond donors (Lipinski definition) is 1. The van der Waals surface area contributed by atoms with Crippen molar-refractivity contribution in [2.45, 2.75) is 40.0 Å². The molecule has 0 unspecified atom stereocenters. The number of H-pyrrole nitrogens is 1. The van der Waals surface area contributed by atoms with Gasteiger partial charge in [0.15, 0.2) is 6.29 Å². The van der Waals surface area contributed by atoms with Crippen molar-refractivity contribution in [1.82, 2.24) is 4.98 Å². The van der Waals surface area contributed by atoms with Gasteiger partial charge in [0.1, 0.15) is 0 Å². The molecule has 0 aliphatic heterocycles. The Hall–Kier alpha value is -1.58. The van der Waals surface area contributed by atoms with Gasteiger partial charge in [-0.25, -0.2) is 4.79 Å². The molecule has 0 spiro atoms. The molecule has 0 atom stereocenters. The van der Waals surface area contributed by atoms with Crippen LogP contribution < -0.4 is 0 Å². The number of nitrogens with one attached hydrogen (secondary N) is 1. The van der Waals surface area contributed by atoms with E-state index in [1.54, 1.807) is 13.8 Å². The van der Waals surface area contributed by atoms with Crippen LogP contribution in [0.2, 0.25) is 0 Å². The van der Waals surface area contributed by atoms with Gasteiger partial charge in [0.05, 0.1) is 17.9 Å². The molecule has 0 saturated heterocycles. The van der Waals surface area contributed by atoms with Crippen LogP contribution in [0.1, 0.15) is 58.8 Å². The zero-order chi connectivity index (χ0) is 12.8. The standard InChI is InChI=1S/C13H19NO3/c1-4-6-7-10-11(8-15)14-9(3)12(10)13(16)17-5-2/h8,14H,4-7H2,1-3H3. The normalized spacial score (nSPS) is 10.3. The van der Waals surface area contributed by atoms with Gasteiger partial charge >= 0.3 is 5.97 Å². The molecule has 0 aliphatic carbocycles. The molecule has 4 nitrogen and oxygen atoms in total. The molecular formula is C13H19NO3. The van der Waals surface area contributed by atoms with E-state index in [4.69, 9.17) is 4.74 Å². The molecule has 0 aliphatic rings. The minimum absolute atomic E-state index is 0.340. The lowest BCUT2D eigenvalue weighted by molar-refractivity contribution is 0.0524. The Morgan fingerprint density at radius 1 is 1.41 bits per heavy atom. The predicted molar refractivity (Wildman–Crippen MR) is 65.5 cm³/mol. The molecule has 94 valence electrons. The molecule has 0 fully saturated rings. The van der Waals surface area contributed by atoms with Crippen molar-refractivity contribution < 1.29 is 14.3 Å². The Bertz CT molecular complexity index is 407. The third-order valence-corrected chi connectivity index (χ3v) is 2.70. The first kappa shape index (κ1) is 13.5. The molecule has 1 aromatic heterocycles. The number of rotatable bonds is 6. The number of carbonyl (C=O) groups is 2. The van der Waals surface area contributed by atoms with Gasteiger partial charge in [-0.05, 0) is 32.3 Å². The number of carbonyl (C=O) groups excluding carboxylic acids is 2. The maximum absolute atomic E-state index is 11.8. The summed E-state index contributed by atoms with van der Waals surface area (Å²) in [5, 5.41) is 0. The van der Waals surface area contributed by atoms with E-state index in [1.807, 2.05) is 0 Å². The number of aryl methyl sites for hydroxylation is 1. The van der Waals surface area contributed by atoms with Crippen LogP contribution in [0.15, 0.2) is 0 Å². The number of aldehydes is 1. The number of aromatic nitrogens is 1. The molecule has 0 amide bonds. The highest BCUT2D eigenvalue weighted by Gasteiger charge is 2.21. The highest BCUT2D eigenvalue weighted by Crippen LogP contribution is 2.21. The average Bonchev–Trinajstić information content (AvgIpc) is 2.63. The molecular weight excluding hydrogens is 218 g/mol. The summed E-state index contributed by atoms with van der Waals surface area (Å²) in [6, 6.07) is 0. The van der Waals surface area contributed by atoms with Gasteiger partial charge in [-0.1, -0.05) is 13.3 Å². The van der Waals surface area contributed by atoms with E-state index in [1.165, 1.54) is 0 Å². The molecule has 4 heteroatoms. The molecule has 1 aromatic rings. The molecule has 0 radical (unpaired) electrons. The van der Waals surface area contributed by atoms with E-state index in [2.05, 4.69) is 11.9 Å². The Labute approximate surface area is 101 Å². The SMILES string of the molecule is CCCCc1c(C=O)[nH]c(C)c1C(=O)OCC. The Morgan fingerprint density at radius 3 is 2.65 bits per heavy atom. The van der Waals surface area contributed by atoms with Crippen LogP contribution in [-0.4, -0.2) is 23.8 Å². The molecule has 1 N–H and O–H groups in total. The molecule has 0 bridgehead atoms. The second-order valence-corrected chi connectivity index (χ2v) is 3.96. The largest absolute Gasteiger partial charge is 0.462 e. The molecule has 1 rings (SSSR count). The van der Waals surface area contributed by atoms with E-state index in [0.717, 1.165) is 31.1 Å². The monoisotopic (exact) mass is 237 g/mol. The zero-order valence-electron chi connectivity index (χ0n) is 10.6. The summed E-state index contributed by atoms with van der Waals surface area (Å²) in [6.07, 6.45) is 3.46. The summed E-state index contributed by atoms with van der Waals surface area (Å²) in [7, 11) is 0. The second kappa shape index (κ2) is 6.23. The fraction of sp³-hybridized carbons (Fsp3) is 0.538. The van der Waals surface area contributed by atoms with Gasteiger partial charge in [-0.15, -0.1) is 0 Å². The van der Waals surface area contributed by atoms with Crippen molar-refractivity contribution >= 4 is 12.3 Å². The van der Waals surface area contributed by atoms with E-state index in [0.29, 0.717) is 23.6 Å². The summed E-state index contributed by atoms with van der Waals surface area (Å²) < 4.78 is 5.01. The lowest BCUT2D eigenvalue weighted by Gasteiger charge is -2.05.